The molecule has 0 unspecified atom stereocenters. The summed E-state index contributed by atoms with van der Waals surface area (Å²) in [6.07, 6.45) is 7.77. The molecule has 1 aromatic carbocycles. The van der Waals surface area contributed by atoms with Crippen LogP contribution in [-0.4, -0.2) is 18.6 Å². The van der Waals surface area contributed by atoms with Crippen molar-refractivity contribution in [3.05, 3.63) is 41.0 Å². The van der Waals surface area contributed by atoms with Crippen molar-refractivity contribution in [2.24, 2.45) is 0 Å². The molecule has 0 fully saturated rings. The monoisotopic (exact) mass is 301 g/mol. The minimum atomic E-state index is -0.471. The maximum atomic E-state index is 12.1. The highest BCUT2D eigenvalue weighted by atomic mass is 16.5. The third-order valence-electron chi connectivity index (χ3n) is 4.15. The SMILES string of the molecule is Cc1ccc(C)c(O[C@H](C)C(=O)NCCC2=CCCCC2)c1. The Morgan fingerprint density at radius 1 is 1.32 bits per heavy atom. The molecular formula is C19H27NO2. The number of nitrogens with one attached hydrogen (secondary N) is 1. The molecule has 3 heteroatoms. The molecule has 0 saturated carbocycles. The lowest BCUT2D eigenvalue weighted by Gasteiger charge is -2.17. The molecule has 3 nitrogen and oxygen atoms in total. The van der Waals surface area contributed by atoms with Gasteiger partial charge in [0.05, 0.1) is 0 Å². The highest BCUT2D eigenvalue weighted by Crippen LogP contribution is 2.21. The van der Waals surface area contributed by atoms with Crippen molar-refractivity contribution in [2.75, 3.05) is 6.54 Å². The minimum Gasteiger partial charge on any atom is -0.481 e. The summed E-state index contributed by atoms with van der Waals surface area (Å²) in [4.78, 5) is 12.1. The lowest BCUT2D eigenvalue weighted by atomic mass is 9.97. The highest BCUT2D eigenvalue weighted by Gasteiger charge is 2.15. The largest absolute Gasteiger partial charge is 0.481 e. The number of benzene rings is 1. The first kappa shape index (κ1) is 16.6. The van der Waals surface area contributed by atoms with E-state index in [0.29, 0.717) is 6.54 Å². The summed E-state index contributed by atoms with van der Waals surface area (Å²) in [5.41, 5.74) is 3.67. The molecule has 0 saturated heterocycles. The first-order valence-electron chi connectivity index (χ1n) is 8.26. The average Bonchev–Trinajstić information content (AvgIpc) is 2.52. The summed E-state index contributed by atoms with van der Waals surface area (Å²) in [5.74, 6) is 0.745. The smallest absolute Gasteiger partial charge is 0.260 e. The highest BCUT2D eigenvalue weighted by molar-refractivity contribution is 5.80. The van der Waals surface area contributed by atoms with E-state index in [1.807, 2.05) is 32.0 Å². The fraction of sp³-hybridized carbons (Fsp3) is 0.526. The standard InChI is InChI=1S/C19H27NO2/c1-14-9-10-15(2)18(13-14)22-16(3)19(21)20-12-11-17-7-5-4-6-8-17/h7,9-10,13,16H,4-6,8,11-12H2,1-3H3,(H,20,21)/t16-/m1/s1. The molecule has 1 amide bonds. The van der Waals surface area contributed by atoms with Gasteiger partial charge in [0, 0.05) is 6.54 Å². The van der Waals surface area contributed by atoms with Gasteiger partial charge in [0.2, 0.25) is 0 Å². The molecule has 0 bridgehead atoms. The number of hydrogen-bond donors (Lipinski definition) is 1. The zero-order valence-corrected chi connectivity index (χ0v) is 13.9. The number of rotatable bonds is 6. The van der Waals surface area contributed by atoms with E-state index in [-0.39, 0.29) is 5.91 Å². The van der Waals surface area contributed by atoms with Crippen LogP contribution in [0, 0.1) is 13.8 Å². The Hall–Kier alpha value is -1.77. The molecule has 120 valence electrons. The van der Waals surface area contributed by atoms with Crippen LogP contribution in [0.15, 0.2) is 29.8 Å². The van der Waals surface area contributed by atoms with E-state index in [4.69, 9.17) is 4.74 Å². The Morgan fingerprint density at radius 2 is 2.14 bits per heavy atom. The van der Waals surface area contributed by atoms with Crippen molar-refractivity contribution in [1.29, 1.82) is 0 Å². The second kappa shape index (κ2) is 8.02. The molecule has 0 aromatic heterocycles. The number of aryl methyl sites for hydroxylation is 2. The third-order valence-corrected chi connectivity index (χ3v) is 4.15. The van der Waals surface area contributed by atoms with Crippen LogP contribution in [-0.2, 0) is 4.79 Å². The summed E-state index contributed by atoms with van der Waals surface area (Å²) >= 11 is 0. The Labute approximate surface area is 133 Å². The van der Waals surface area contributed by atoms with Crippen LogP contribution < -0.4 is 10.1 Å². The van der Waals surface area contributed by atoms with E-state index in [1.54, 1.807) is 6.92 Å². The average molecular weight is 301 g/mol. The van der Waals surface area contributed by atoms with E-state index in [1.165, 1.54) is 31.3 Å². The van der Waals surface area contributed by atoms with Gasteiger partial charge in [-0.05, 0) is 70.1 Å². The van der Waals surface area contributed by atoms with E-state index < -0.39 is 6.10 Å². The van der Waals surface area contributed by atoms with Crippen LogP contribution in [0.25, 0.3) is 0 Å². The summed E-state index contributed by atoms with van der Waals surface area (Å²) in [6, 6.07) is 6.04. The van der Waals surface area contributed by atoms with E-state index in [9.17, 15) is 4.79 Å². The number of carbonyl (C=O) groups is 1. The molecule has 0 heterocycles. The van der Waals surface area contributed by atoms with Gasteiger partial charge in [0.15, 0.2) is 6.10 Å². The maximum Gasteiger partial charge on any atom is 0.260 e. The van der Waals surface area contributed by atoms with Gasteiger partial charge in [-0.15, -0.1) is 0 Å². The normalized spacial score (nSPS) is 15.9. The molecule has 22 heavy (non-hydrogen) atoms. The Balaban J connectivity index is 1.79. The van der Waals surface area contributed by atoms with Crippen LogP contribution in [0.1, 0.15) is 50.2 Å². The third kappa shape index (κ3) is 4.90. The van der Waals surface area contributed by atoms with Gasteiger partial charge in [0.1, 0.15) is 5.75 Å². The maximum absolute atomic E-state index is 12.1. The van der Waals surface area contributed by atoms with Gasteiger partial charge >= 0.3 is 0 Å². The van der Waals surface area contributed by atoms with Crippen molar-refractivity contribution in [2.45, 2.75) is 59.0 Å². The zero-order chi connectivity index (χ0) is 15.9. The van der Waals surface area contributed by atoms with Crippen molar-refractivity contribution < 1.29 is 9.53 Å². The van der Waals surface area contributed by atoms with E-state index in [2.05, 4.69) is 11.4 Å². The predicted octanol–water partition coefficient (Wildman–Crippen LogP) is 4.08. The summed E-state index contributed by atoms with van der Waals surface area (Å²) < 4.78 is 5.80. The van der Waals surface area contributed by atoms with Crippen LogP contribution in [0.4, 0.5) is 0 Å². The van der Waals surface area contributed by atoms with Gasteiger partial charge in [-0.25, -0.2) is 0 Å². The van der Waals surface area contributed by atoms with Crippen molar-refractivity contribution >= 4 is 5.91 Å². The molecule has 1 aliphatic carbocycles. The van der Waals surface area contributed by atoms with E-state index in [0.717, 1.165) is 23.3 Å². The first-order chi connectivity index (χ1) is 10.6. The summed E-state index contributed by atoms with van der Waals surface area (Å²) in [5, 5.41) is 2.98. The van der Waals surface area contributed by atoms with Gasteiger partial charge in [-0.3, -0.25) is 4.79 Å². The molecule has 1 aliphatic rings. The Bertz CT molecular complexity index is 548. The topological polar surface area (TPSA) is 38.3 Å². The van der Waals surface area contributed by atoms with Crippen LogP contribution in [0.2, 0.25) is 0 Å². The quantitative estimate of drug-likeness (QED) is 0.804. The van der Waals surface area contributed by atoms with Gasteiger partial charge < -0.3 is 10.1 Å². The number of amides is 1. The molecule has 0 radical (unpaired) electrons. The molecule has 1 N–H and O–H groups in total. The van der Waals surface area contributed by atoms with Gasteiger partial charge in [-0.2, -0.15) is 0 Å². The summed E-state index contributed by atoms with van der Waals surface area (Å²) in [6.45, 7) is 6.52. The van der Waals surface area contributed by atoms with Crippen LogP contribution >= 0.6 is 0 Å². The Kier molecular flexibility index (Phi) is 6.05. The lowest BCUT2D eigenvalue weighted by Crippen LogP contribution is -2.37. The molecule has 1 atom stereocenters. The minimum absolute atomic E-state index is 0.0442. The zero-order valence-electron chi connectivity index (χ0n) is 13.9. The van der Waals surface area contributed by atoms with Crippen molar-refractivity contribution in [3.8, 4) is 5.75 Å². The Morgan fingerprint density at radius 3 is 2.86 bits per heavy atom. The predicted molar refractivity (Wildman–Crippen MR) is 90.2 cm³/mol. The van der Waals surface area contributed by atoms with Crippen LogP contribution in [0.5, 0.6) is 5.75 Å². The number of ether oxygens (including phenoxy) is 1. The molecule has 2 rings (SSSR count). The van der Waals surface area contributed by atoms with Gasteiger partial charge in [-0.1, -0.05) is 23.8 Å². The number of carbonyl (C=O) groups excluding carboxylic acids is 1. The molecule has 0 aliphatic heterocycles. The fourth-order valence-corrected chi connectivity index (χ4v) is 2.70. The number of hydrogen-bond acceptors (Lipinski definition) is 2. The summed E-state index contributed by atoms with van der Waals surface area (Å²) in [7, 11) is 0. The first-order valence-corrected chi connectivity index (χ1v) is 8.26. The fourth-order valence-electron chi connectivity index (χ4n) is 2.70. The van der Waals surface area contributed by atoms with Gasteiger partial charge in [0.25, 0.3) is 5.91 Å². The second-order valence-corrected chi connectivity index (χ2v) is 6.18. The number of allylic oxidation sites excluding steroid dienone is 1. The molecule has 0 spiro atoms. The molecular weight excluding hydrogens is 274 g/mol. The van der Waals surface area contributed by atoms with Crippen LogP contribution in [0.3, 0.4) is 0 Å². The second-order valence-electron chi connectivity index (χ2n) is 6.18. The van der Waals surface area contributed by atoms with E-state index >= 15 is 0 Å². The van der Waals surface area contributed by atoms with Crippen molar-refractivity contribution in [1.82, 2.24) is 5.32 Å². The lowest BCUT2D eigenvalue weighted by molar-refractivity contribution is -0.127. The van der Waals surface area contributed by atoms with Crippen molar-refractivity contribution in [3.63, 3.8) is 0 Å². The molecule has 1 aromatic rings.